The third kappa shape index (κ3) is 4.45. The molecule has 3 rings (SSSR count). The molecule has 2 N–H and O–H groups in total. The topological polar surface area (TPSA) is 58.7 Å². The van der Waals surface area contributed by atoms with Gasteiger partial charge >= 0.3 is 6.03 Å². The fourth-order valence-corrected chi connectivity index (χ4v) is 2.45. The van der Waals surface area contributed by atoms with Gasteiger partial charge in [-0.05, 0) is 23.8 Å². The van der Waals surface area contributed by atoms with Crippen LogP contribution in [-0.4, -0.2) is 11.7 Å². The van der Waals surface area contributed by atoms with Crippen LogP contribution in [0.25, 0.3) is 6.08 Å². The van der Waals surface area contributed by atoms with Crippen molar-refractivity contribution in [3.63, 3.8) is 0 Å². The van der Waals surface area contributed by atoms with E-state index in [0.29, 0.717) is 11.4 Å². The van der Waals surface area contributed by atoms with Crippen LogP contribution in [-0.2, 0) is 0 Å². The first-order valence-corrected chi connectivity index (χ1v) is 8.26. The van der Waals surface area contributed by atoms with Crippen LogP contribution in [0.3, 0.4) is 0 Å². The summed E-state index contributed by atoms with van der Waals surface area (Å²) in [5.41, 5.74) is 8.74. The van der Waals surface area contributed by atoms with Gasteiger partial charge in [-0.25, -0.2) is 4.79 Å². The molecule has 0 aliphatic heterocycles. The zero-order valence-electron chi connectivity index (χ0n) is 14.2. The Kier molecular flexibility index (Phi) is 5.58. The Hall–Kier alpha value is -3.66. The SMILES string of the molecule is NC(=O)N(N=C(C=Cc1ccccc1)c1ccccc1)c1ccccc1. The van der Waals surface area contributed by atoms with Gasteiger partial charge in [0.2, 0.25) is 0 Å². The van der Waals surface area contributed by atoms with E-state index >= 15 is 0 Å². The number of hydrogen-bond donors (Lipinski definition) is 1. The Labute approximate surface area is 152 Å². The van der Waals surface area contributed by atoms with Gasteiger partial charge < -0.3 is 5.73 Å². The number of benzene rings is 3. The molecule has 0 atom stereocenters. The summed E-state index contributed by atoms with van der Waals surface area (Å²) < 4.78 is 0. The van der Waals surface area contributed by atoms with Gasteiger partial charge in [-0.15, -0.1) is 0 Å². The van der Waals surface area contributed by atoms with Crippen molar-refractivity contribution >= 4 is 23.5 Å². The number of urea groups is 1. The molecule has 0 aromatic heterocycles. The van der Waals surface area contributed by atoms with Gasteiger partial charge in [0.1, 0.15) is 0 Å². The third-order valence-electron chi connectivity index (χ3n) is 3.72. The van der Waals surface area contributed by atoms with Crippen molar-refractivity contribution in [1.82, 2.24) is 0 Å². The molecule has 3 aromatic carbocycles. The van der Waals surface area contributed by atoms with E-state index in [9.17, 15) is 4.79 Å². The number of nitrogens with two attached hydrogens (primary N) is 1. The van der Waals surface area contributed by atoms with Crippen molar-refractivity contribution in [2.45, 2.75) is 0 Å². The highest BCUT2D eigenvalue weighted by molar-refractivity contribution is 6.12. The Morgan fingerprint density at radius 1 is 0.808 bits per heavy atom. The van der Waals surface area contributed by atoms with Gasteiger partial charge in [0.05, 0.1) is 11.4 Å². The average Bonchev–Trinajstić information content (AvgIpc) is 2.70. The highest BCUT2D eigenvalue weighted by Crippen LogP contribution is 2.16. The maximum atomic E-state index is 12.0. The van der Waals surface area contributed by atoms with Crippen molar-refractivity contribution in [2.24, 2.45) is 10.8 Å². The average molecular weight is 341 g/mol. The Morgan fingerprint density at radius 3 is 1.92 bits per heavy atom. The molecule has 0 saturated carbocycles. The van der Waals surface area contributed by atoms with Crippen molar-refractivity contribution in [2.75, 3.05) is 5.01 Å². The zero-order chi connectivity index (χ0) is 18.2. The Morgan fingerprint density at radius 2 is 1.35 bits per heavy atom. The molecule has 0 unspecified atom stereocenters. The molecule has 128 valence electrons. The summed E-state index contributed by atoms with van der Waals surface area (Å²) in [6.45, 7) is 0. The van der Waals surface area contributed by atoms with E-state index in [0.717, 1.165) is 11.1 Å². The maximum absolute atomic E-state index is 12.0. The molecule has 0 spiro atoms. The lowest BCUT2D eigenvalue weighted by molar-refractivity contribution is 0.254. The second-order valence-corrected chi connectivity index (χ2v) is 5.58. The predicted octanol–water partition coefficient (Wildman–Crippen LogP) is 4.69. The summed E-state index contributed by atoms with van der Waals surface area (Å²) in [6.07, 6.45) is 3.83. The summed E-state index contributed by atoms with van der Waals surface area (Å²) in [5.74, 6) is 0. The third-order valence-corrected chi connectivity index (χ3v) is 3.72. The first-order valence-electron chi connectivity index (χ1n) is 8.26. The van der Waals surface area contributed by atoms with E-state index < -0.39 is 6.03 Å². The van der Waals surface area contributed by atoms with Crippen LogP contribution < -0.4 is 10.7 Å². The molecule has 26 heavy (non-hydrogen) atoms. The summed E-state index contributed by atoms with van der Waals surface area (Å²) in [4.78, 5) is 12.0. The number of primary amides is 1. The van der Waals surface area contributed by atoms with Crippen LogP contribution in [0.15, 0.2) is 102 Å². The summed E-state index contributed by atoms with van der Waals surface area (Å²) in [6, 6.07) is 28.1. The highest BCUT2D eigenvalue weighted by Gasteiger charge is 2.12. The fourth-order valence-electron chi connectivity index (χ4n) is 2.45. The van der Waals surface area contributed by atoms with E-state index in [4.69, 9.17) is 5.73 Å². The molecule has 3 aromatic rings. The van der Waals surface area contributed by atoms with Gasteiger partial charge in [0.25, 0.3) is 0 Å². The second-order valence-electron chi connectivity index (χ2n) is 5.58. The molecule has 0 aliphatic rings. The Balaban J connectivity index is 2.03. The fraction of sp³-hybridized carbons (Fsp3) is 0. The summed E-state index contributed by atoms with van der Waals surface area (Å²) >= 11 is 0. The summed E-state index contributed by atoms with van der Waals surface area (Å²) in [5, 5.41) is 5.73. The monoisotopic (exact) mass is 341 g/mol. The number of carbonyl (C=O) groups is 1. The van der Waals surface area contributed by atoms with Gasteiger partial charge in [-0.2, -0.15) is 10.1 Å². The quantitative estimate of drug-likeness (QED) is 0.531. The number of allylic oxidation sites excluding steroid dienone is 1. The van der Waals surface area contributed by atoms with Crippen LogP contribution in [0.4, 0.5) is 10.5 Å². The summed E-state index contributed by atoms with van der Waals surface area (Å²) in [7, 11) is 0. The molecular weight excluding hydrogens is 322 g/mol. The maximum Gasteiger partial charge on any atom is 0.340 e. The number of carbonyl (C=O) groups excluding carboxylic acids is 1. The number of nitrogens with zero attached hydrogens (tertiary/aromatic N) is 2. The largest absolute Gasteiger partial charge is 0.350 e. The van der Waals surface area contributed by atoms with Crippen LogP contribution >= 0.6 is 0 Å². The number of rotatable bonds is 5. The van der Waals surface area contributed by atoms with E-state index in [1.54, 1.807) is 12.1 Å². The van der Waals surface area contributed by atoms with Gasteiger partial charge in [0, 0.05) is 5.56 Å². The molecule has 0 fully saturated rings. The molecule has 2 amide bonds. The number of hydrazone groups is 1. The molecule has 0 saturated heterocycles. The lowest BCUT2D eigenvalue weighted by Crippen LogP contribution is -2.32. The predicted molar refractivity (Wildman–Crippen MR) is 107 cm³/mol. The Bertz CT molecular complexity index is 904. The van der Waals surface area contributed by atoms with E-state index in [1.165, 1.54) is 5.01 Å². The first-order chi connectivity index (χ1) is 12.7. The van der Waals surface area contributed by atoms with Gasteiger partial charge in [0.15, 0.2) is 0 Å². The van der Waals surface area contributed by atoms with E-state index in [2.05, 4.69) is 5.10 Å². The molecule has 0 radical (unpaired) electrons. The van der Waals surface area contributed by atoms with Crippen LogP contribution in [0.2, 0.25) is 0 Å². The van der Waals surface area contributed by atoms with Crippen molar-refractivity contribution in [1.29, 1.82) is 0 Å². The smallest absolute Gasteiger partial charge is 0.340 e. The van der Waals surface area contributed by atoms with Crippen LogP contribution in [0.5, 0.6) is 0 Å². The normalized spacial score (nSPS) is 11.5. The lowest BCUT2D eigenvalue weighted by Gasteiger charge is -2.16. The highest BCUT2D eigenvalue weighted by atomic mass is 16.2. The zero-order valence-corrected chi connectivity index (χ0v) is 14.2. The minimum Gasteiger partial charge on any atom is -0.350 e. The minimum absolute atomic E-state index is 0.613. The number of anilines is 1. The molecule has 0 bridgehead atoms. The second kappa shape index (κ2) is 8.44. The van der Waals surface area contributed by atoms with Crippen LogP contribution in [0.1, 0.15) is 11.1 Å². The van der Waals surface area contributed by atoms with Gasteiger partial charge in [-0.1, -0.05) is 84.9 Å². The number of hydrogen-bond acceptors (Lipinski definition) is 2. The first kappa shape index (κ1) is 17.2. The van der Waals surface area contributed by atoms with Crippen LogP contribution in [0, 0.1) is 0 Å². The van der Waals surface area contributed by atoms with Crippen molar-refractivity contribution in [3.8, 4) is 0 Å². The molecule has 4 heteroatoms. The van der Waals surface area contributed by atoms with E-state index in [1.807, 2.05) is 91.0 Å². The molecule has 0 aliphatic carbocycles. The standard InChI is InChI=1S/C22H19N3O/c23-22(26)25(20-14-8-3-9-15-20)24-21(19-12-6-2-7-13-19)17-16-18-10-4-1-5-11-18/h1-17H,(H2,23,26). The molecule has 4 nitrogen and oxygen atoms in total. The van der Waals surface area contributed by atoms with Gasteiger partial charge in [-0.3, -0.25) is 0 Å². The minimum atomic E-state index is -0.641. The number of para-hydroxylation sites is 1. The molecule has 0 heterocycles. The number of amides is 2. The van der Waals surface area contributed by atoms with Crippen molar-refractivity contribution < 1.29 is 4.79 Å². The van der Waals surface area contributed by atoms with Crippen molar-refractivity contribution in [3.05, 3.63) is 108 Å². The van der Waals surface area contributed by atoms with E-state index in [-0.39, 0.29) is 0 Å². The lowest BCUT2D eigenvalue weighted by atomic mass is 10.1. The molecular formula is C22H19N3O.